The summed E-state index contributed by atoms with van der Waals surface area (Å²) in [5.74, 6) is -1.44. The third kappa shape index (κ3) is 3.99. The number of carbonyl (C=O) groups excluding carboxylic acids is 1. The Balaban J connectivity index is 2.22. The molecule has 0 bridgehead atoms. The van der Waals surface area contributed by atoms with Gasteiger partial charge < -0.3 is 5.32 Å². The molecule has 0 radical (unpaired) electrons. The van der Waals surface area contributed by atoms with Crippen LogP contribution in [0.1, 0.15) is 10.4 Å². The largest absolute Gasteiger partial charge is 0.322 e. The molecule has 21 heavy (non-hydrogen) atoms. The maximum atomic E-state index is 13.6. The van der Waals surface area contributed by atoms with Crippen molar-refractivity contribution in [3.05, 3.63) is 57.4 Å². The van der Waals surface area contributed by atoms with Gasteiger partial charge in [-0.25, -0.2) is 17.9 Å². The van der Waals surface area contributed by atoms with Crippen molar-refractivity contribution in [1.29, 1.82) is 0 Å². The van der Waals surface area contributed by atoms with Crippen LogP contribution in [0.3, 0.4) is 0 Å². The number of nitrogens with two attached hydrogens (primary N) is 1. The Hall–Kier alpha value is -1.52. The second kappa shape index (κ2) is 6.08. The first-order chi connectivity index (χ1) is 9.77. The minimum atomic E-state index is -4.12. The Bertz CT molecular complexity index is 792. The van der Waals surface area contributed by atoms with Crippen molar-refractivity contribution < 1.29 is 17.6 Å². The first-order valence-corrected chi connectivity index (χ1v) is 8.29. The van der Waals surface area contributed by atoms with Gasteiger partial charge in [-0.15, -0.1) is 0 Å². The molecule has 2 aromatic carbocycles. The fourth-order valence-corrected chi connectivity index (χ4v) is 2.56. The SMILES string of the molecule is NS(=O)(=O)c1ccc(NC(=O)c2ccc(I)cc2)cc1F. The van der Waals surface area contributed by atoms with E-state index in [-0.39, 0.29) is 5.69 Å². The molecule has 0 aromatic heterocycles. The molecule has 0 saturated heterocycles. The van der Waals surface area contributed by atoms with E-state index >= 15 is 0 Å². The van der Waals surface area contributed by atoms with E-state index in [0.717, 1.165) is 15.7 Å². The second-order valence-corrected chi connectivity index (χ2v) is 6.93. The highest BCUT2D eigenvalue weighted by molar-refractivity contribution is 14.1. The molecule has 0 saturated carbocycles. The Kier molecular flexibility index (Phi) is 4.59. The number of nitrogens with one attached hydrogen (secondary N) is 1. The Morgan fingerprint density at radius 2 is 1.76 bits per heavy atom. The molecule has 2 rings (SSSR count). The number of hydrogen-bond donors (Lipinski definition) is 2. The number of halogens is 2. The average Bonchev–Trinajstić information content (AvgIpc) is 2.37. The summed E-state index contributed by atoms with van der Waals surface area (Å²) in [5, 5.41) is 7.34. The van der Waals surface area contributed by atoms with Crippen molar-refractivity contribution in [2.24, 2.45) is 5.14 Å². The molecule has 1 amide bonds. The van der Waals surface area contributed by atoms with Gasteiger partial charge in [-0.3, -0.25) is 4.79 Å². The van der Waals surface area contributed by atoms with Crippen molar-refractivity contribution in [1.82, 2.24) is 0 Å². The lowest BCUT2D eigenvalue weighted by atomic mass is 10.2. The van der Waals surface area contributed by atoms with Gasteiger partial charge >= 0.3 is 0 Å². The van der Waals surface area contributed by atoms with E-state index in [4.69, 9.17) is 5.14 Å². The predicted molar refractivity (Wildman–Crippen MR) is 84.9 cm³/mol. The molecular formula is C13H10FIN2O3S. The molecule has 0 atom stereocenters. The van der Waals surface area contributed by atoms with E-state index in [2.05, 4.69) is 27.9 Å². The quantitative estimate of drug-likeness (QED) is 0.748. The van der Waals surface area contributed by atoms with Gasteiger partial charge in [0.05, 0.1) is 0 Å². The summed E-state index contributed by atoms with van der Waals surface area (Å²) >= 11 is 2.11. The summed E-state index contributed by atoms with van der Waals surface area (Å²) in [6.45, 7) is 0. The van der Waals surface area contributed by atoms with E-state index < -0.39 is 26.6 Å². The Morgan fingerprint density at radius 1 is 1.14 bits per heavy atom. The van der Waals surface area contributed by atoms with Crippen molar-refractivity contribution in [2.75, 3.05) is 5.32 Å². The van der Waals surface area contributed by atoms with Gasteiger partial charge in [0.2, 0.25) is 10.0 Å². The van der Waals surface area contributed by atoms with Crippen molar-refractivity contribution in [2.45, 2.75) is 4.90 Å². The lowest BCUT2D eigenvalue weighted by molar-refractivity contribution is 0.102. The van der Waals surface area contributed by atoms with Crippen LogP contribution in [0.15, 0.2) is 47.4 Å². The topological polar surface area (TPSA) is 89.3 Å². The van der Waals surface area contributed by atoms with Gasteiger partial charge in [-0.05, 0) is 65.1 Å². The van der Waals surface area contributed by atoms with Crippen LogP contribution in [-0.4, -0.2) is 14.3 Å². The highest BCUT2D eigenvalue weighted by Gasteiger charge is 2.15. The first kappa shape index (κ1) is 15.9. The molecule has 0 heterocycles. The molecule has 3 N–H and O–H groups in total. The maximum absolute atomic E-state index is 13.6. The standard InChI is InChI=1S/C13H10FIN2O3S/c14-11-7-10(5-6-12(11)21(16,19)20)17-13(18)8-1-3-9(15)4-2-8/h1-7H,(H,17,18)(H2,16,19,20). The number of amides is 1. The summed E-state index contributed by atoms with van der Waals surface area (Å²) in [4.78, 5) is 11.3. The fourth-order valence-electron chi connectivity index (χ4n) is 1.61. The molecule has 8 heteroatoms. The van der Waals surface area contributed by atoms with Crippen LogP contribution in [0, 0.1) is 9.39 Å². The minimum absolute atomic E-state index is 0.142. The van der Waals surface area contributed by atoms with E-state index in [1.807, 2.05) is 0 Å². The summed E-state index contributed by atoms with van der Waals surface area (Å²) < 4.78 is 36.8. The van der Waals surface area contributed by atoms with Gasteiger partial charge in [-0.2, -0.15) is 0 Å². The summed E-state index contributed by atoms with van der Waals surface area (Å²) in [5.41, 5.74) is 0.551. The number of carbonyl (C=O) groups is 1. The van der Waals surface area contributed by atoms with Crippen LogP contribution in [0.5, 0.6) is 0 Å². The van der Waals surface area contributed by atoms with E-state index in [9.17, 15) is 17.6 Å². The summed E-state index contributed by atoms with van der Waals surface area (Å²) in [7, 11) is -4.12. The molecule has 0 fully saturated rings. The zero-order valence-corrected chi connectivity index (χ0v) is 13.5. The maximum Gasteiger partial charge on any atom is 0.255 e. The van der Waals surface area contributed by atoms with Crippen molar-refractivity contribution in [3.8, 4) is 0 Å². The summed E-state index contributed by atoms with van der Waals surface area (Å²) in [6, 6.07) is 9.98. The highest BCUT2D eigenvalue weighted by Crippen LogP contribution is 2.18. The minimum Gasteiger partial charge on any atom is -0.322 e. The lowest BCUT2D eigenvalue weighted by Crippen LogP contribution is -2.15. The number of hydrogen-bond acceptors (Lipinski definition) is 3. The smallest absolute Gasteiger partial charge is 0.255 e. The van der Waals surface area contributed by atoms with Gasteiger partial charge in [0.15, 0.2) is 0 Å². The van der Waals surface area contributed by atoms with Crippen molar-refractivity contribution in [3.63, 3.8) is 0 Å². The van der Waals surface area contributed by atoms with E-state index in [0.29, 0.717) is 5.56 Å². The zero-order valence-electron chi connectivity index (χ0n) is 10.5. The molecule has 0 unspecified atom stereocenters. The lowest BCUT2D eigenvalue weighted by Gasteiger charge is -2.07. The third-order valence-corrected chi connectivity index (χ3v) is 4.27. The number of sulfonamides is 1. The van der Waals surface area contributed by atoms with Crippen LogP contribution in [0.2, 0.25) is 0 Å². The van der Waals surface area contributed by atoms with Crippen LogP contribution >= 0.6 is 22.6 Å². The molecular weight excluding hydrogens is 410 g/mol. The van der Waals surface area contributed by atoms with Gasteiger partial charge in [0.25, 0.3) is 5.91 Å². The highest BCUT2D eigenvalue weighted by atomic mass is 127. The molecule has 2 aromatic rings. The monoisotopic (exact) mass is 420 g/mol. The predicted octanol–water partition coefficient (Wildman–Crippen LogP) is 2.33. The van der Waals surface area contributed by atoms with Gasteiger partial charge in [0.1, 0.15) is 10.7 Å². The molecule has 110 valence electrons. The van der Waals surface area contributed by atoms with E-state index in [1.54, 1.807) is 24.3 Å². The van der Waals surface area contributed by atoms with Crippen LogP contribution < -0.4 is 10.5 Å². The van der Waals surface area contributed by atoms with Gasteiger partial charge in [-0.1, -0.05) is 0 Å². The Labute approximate surface area is 134 Å². The number of benzene rings is 2. The zero-order chi connectivity index (χ0) is 15.6. The molecule has 0 aliphatic rings. The van der Waals surface area contributed by atoms with Crippen LogP contribution in [-0.2, 0) is 10.0 Å². The number of rotatable bonds is 3. The van der Waals surface area contributed by atoms with Crippen LogP contribution in [0.25, 0.3) is 0 Å². The normalized spacial score (nSPS) is 11.2. The third-order valence-electron chi connectivity index (χ3n) is 2.60. The van der Waals surface area contributed by atoms with Gasteiger partial charge in [0, 0.05) is 14.8 Å². The average molecular weight is 420 g/mol. The van der Waals surface area contributed by atoms with Crippen molar-refractivity contribution >= 4 is 44.2 Å². The fraction of sp³-hybridized carbons (Fsp3) is 0. The van der Waals surface area contributed by atoms with E-state index in [1.165, 1.54) is 6.07 Å². The number of anilines is 1. The first-order valence-electron chi connectivity index (χ1n) is 5.66. The number of primary sulfonamides is 1. The van der Waals surface area contributed by atoms with Crippen LogP contribution in [0.4, 0.5) is 10.1 Å². The molecule has 0 spiro atoms. The molecule has 0 aliphatic heterocycles. The molecule has 5 nitrogen and oxygen atoms in total. The Morgan fingerprint density at radius 3 is 2.29 bits per heavy atom. The molecule has 0 aliphatic carbocycles. The second-order valence-electron chi connectivity index (χ2n) is 4.15. The summed E-state index contributed by atoms with van der Waals surface area (Å²) in [6.07, 6.45) is 0.